The fourth-order valence-corrected chi connectivity index (χ4v) is 3.74. The van der Waals surface area contributed by atoms with E-state index < -0.39 is 5.95 Å². The topological polar surface area (TPSA) is 64.6 Å². The number of anilines is 2. The Hall–Kier alpha value is -3.39. The molecular weight excluding hydrogens is 379 g/mol. The van der Waals surface area contributed by atoms with Gasteiger partial charge in [-0.1, -0.05) is 18.2 Å². The van der Waals surface area contributed by atoms with E-state index in [1.165, 1.54) is 9.39 Å². The van der Waals surface area contributed by atoms with Crippen molar-refractivity contribution in [2.75, 3.05) is 5.32 Å². The SMILES string of the molecule is Cc1ccc(COc2ccc3nc(F)c(Nc4cc5ccccc5o4)n3n2)s1. The molecule has 0 atom stereocenters. The fourth-order valence-electron chi connectivity index (χ4n) is 2.94. The van der Waals surface area contributed by atoms with Gasteiger partial charge in [-0.15, -0.1) is 16.4 Å². The van der Waals surface area contributed by atoms with Gasteiger partial charge in [0, 0.05) is 27.3 Å². The van der Waals surface area contributed by atoms with Gasteiger partial charge in [0.2, 0.25) is 5.88 Å². The Labute approximate surface area is 163 Å². The predicted octanol–water partition coefficient (Wildman–Crippen LogP) is 5.31. The van der Waals surface area contributed by atoms with Gasteiger partial charge in [0.1, 0.15) is 12.2 Å². The molecule has 0 fully saturated rings. The smallest absolute Gasteiger partial charge is 0.258 e. The van der Waals surface area contributed by atoms with Crippen LogP contribution in [-0.4, -0.2) is 14.6 Å². The highest BCUT2D eigenvalue weighted by Crippen LogP contribution is 2.27. The number of imidazole rings is 1. The fraction of sp³-hybridized carbons (Fsp3) is 0.100. The summed E-state index contributed by atoms with van der Waals surface area (Å²) in [4.78, 5) is 6.21. The van der Waals surface area contributed by atoms with Gasteiger partial charge in [0.25, 0.3) is 5.95 Å². The second kappa shape index (κ2) is 6.65. The van der Waals surface area contributed by atoms with Crippen LogP contribution >= 0.6 is 11.3 Å². The molecule has 28 heavy (non-hydrogen) atoms. The molecule has 1 N–H and O–H groups in total. The molecule has 0 saturated carbocycles. The number of fused-ring (bicyclic) bond motifs is 2. The van der Waals surface area contributed by atoms with Crippen molar-refractivity contribution < 1.29 is 13.5 Å². The largest absolute Gasteiger partial charge is 0.471 e. The Morgan fingerprint density at radius 3 is 2.89 bits per heavy atom. The number of halogens is 1. The molecule has 8 heteroatoms. The lowest BCUT2D eigenvalue weighted by Crippen LogP contribution is -2.02. The summed E-state index contributed by atoms with van der Waals surface area (Å²) in [7, 11) is 0. The molecule has 4 aromatic heterocycles. The van der Waals surface area contributed by atoms with Crippen LogP contribution in [0.25, 0.3) is 16.6 Å². The molecule has 0 bridgehead atoms. The van der Waals surface area contributed by atoms with Crippen LogP contribution in [0.2, 0.25) is 0 Å². The maximum absolute atomic E-state index is 14.4. The van der Waals surface area contributed by atoms with E-state index in [2.05, 4.69) is 15.4 Å². The molecule has 0 radical (unpaired) electrons. The molecule has 0 unspecified atom stereocenters. The van der Waals surface area contributed by atoms with Crippen LogP contribution in [-0.2, 0) is 6.61 Å². The van der Waals surface area contributed by atoms with E-state index in [9.17, 15) is 4.39 Å². The first-order valence-electron chi connectivity index (χ1n) is 8.65. The van der Waals surface area contributed by atoms with Gasteiger partial charge >= 0.3 is 0 Å². The Bertz CT molecular complexity index is 1260. The lowest BCUT2D eigenvalue weighted by molar-refractivity contribution is 0.292. The molecule has 0 saturated heterocycles. The van der Waals surface area contributed by atoms with Crippen LogP contribution in [0.3, 0.4) is 0 Å². The quantitative estimate of drug-likeness (QED) is 0.438. The first-order chi connectivity index (χ1) is 13.7. The number of para-hydroxylation sites is 1. The van der Waals surface area contributed by atoms with Gasteiger partial charge in [-0.3, -0.25) is 0 Å². The molecule has 0 aliphatic heterocycles. The van der Waals surface area contributed by atoms with Gasteiger partial charge in [-0.2, -0.15) is 13.9 Å². The number of benzene rings is 1. The number of ether oxygens (including phenoxy) is 1. The molecular formula is C20H15FN4O2S. The second-order valence-corrected chi connectivity index (χ2v) is 7.64. The zero-order chi connectivity index (χ0) is 19.1. The van der Waals surface area contributed by atoms with Crippen LogP contribution in [0.5, 0.6) is 5.88 Å². The monoisotopic (exact) mass is 394 g/mol. The summed E-state index contributed by atoms with van der Waals surface area (Å²) in [6, 6.07) is 16.8. The number of hydrogen-bond donors (Lipinski definition) is 1. The molecule has 6 nitrogen and oxygen atoms in total. The molecule has 4 heterocycles. The summed E-state index contributed by atoms with van der Waals surface area (Å²) < 4.78 is 27.2. The van der Waals surface area contributed by atoms with Crippen molar-refractivity contribution in [2.24, 2.45) is 0 Å². The van der Waals surface area contributed by atoms with Crippen molar-refractivity contribution in [1.82, 2.24) is 14.6 Å². The molecule has 5 rings (SSSR count). The van der Waals surface area contributed by atoms with Crippen molar-refractivity contribution in [3.05, 3.63) is 70.3 Å². The second-order valence-electron chi connectivity index (χ2n) is 6.27. The molecule has 140 valence electrons. The zero-order valence-electron chi connectivity index (χ0n) is 14.8. The summed E-state index contributed by atoms with van der Waals surface area (Å²) in [5.41, 5.74) is 1.08. The van der Waals surface area contributed by atoms with Gasteiger partial charge in [-0.25, -0.2) is 0 Å². The Kier molecular flexibility index (Phi) is 3.98. The number of nitrogens with zero attached hydrogens (tertiary/aromatic N) is 3. The Morgan fingerprint density at radius 1 is 1.18 bits per heavy atom. The van der Waals surface area contributed by atoms with Crippen LogP contribution in [0.15, 0.2) is 59.0 Å². The van der Waals surface area contributed by atoms with E-state index >= 15 is 0 Å². The minimum Gasteiger partial charge on any atom is -0.471 e. The molecule has 1 aromatic carbocycles. The predicted molar refractivity (Wildman–Crippen MR) is 106 cm³/mol. The minimum atomic E-state index is -0.668. The van der Waals surface area contributed by atoms with Crippen molar-refractivity contribution in [3.63, 3.8) is 0 Å². The molecule has 0 amide bonds. The van der Waals surface area contributed by atoms with E-state index in [4.69, 9.17) is 9.15 Å². The van der Waals surface area contributed by atoms with Gasteiger partial charge in [-0.05, 0) is 31.2 Å². The lowest BCUT2D eigenvalue weighted by atomic mass is 10.3. The highest BCUT2D eigenvalue weighted by atomic mass is 32.1. The first kappa shape index (κ1) is 16.8. The third-order valence-corrected chi connectivity index (χ3v) is 5.21. The summed E-state index contributed by atoms with van der Waals surface area (Å²) >= 11 is 1.66. The summed E-state index contributed by atoms with van der Waals surface area (Å²) in [5.74, 6) is 0.207. The van der Waals surface area contributed by atoms with Crippen LogP contribution in [0, 0.1) is 12.9 Å². The Morgan fingerprint density at radius 2 is 2.07 bits per heavy atom. The highest BCUT2D eigenvalue weighted by molar-refractivity contribution is 7.11. The number of aryl methyl sites for hydroxylation is 1. The normalized spacial score (nSPS) is 11.4. The minimum absolute atomic E-state index is 0.0893. The number of thiophene rings is 1. The van der Waals surface area contributed by atoms with Gasteiger partial charge in [0.05, 0.1) is 0 Å². The van der Waals surface area contributed by atoms with Gasteiger partial charge < -0.3 is 14.5 Å². The van der Waals surface area contributed by atoms with Crippen molar-refractivity contribution >= 4 is 39.7 Å². The van der Waals surface area contributed by atoms with E-state index in [1.54, 1.807) is 29.5 Å². The number of furan rings is 1. The standard InChI is InChI=1S/C20H15FN4O2S/c1-12-6-7-14(28-12)11-26-17-9-8-16-22-19(21)20(25(16)24-17)23-18-10-13-4-2-3-5-15(13)27-18/h2-10,23H,11H2,1H3. The number of rotatable bonds is 5. The van der Waals surface area contributed by atoms with E-state index in [0.717, 1.165) is 10.3 Å². The number of aromatic nitrogens is 3. The van der Waals surface area contributed by atoms with Crippen molar-refractivity contribution in [2.45, 2.75) is 13.5 Å². The van der Waals surface area contributed by atoms with E-state index in [0.29, 0.717) is 29.6 Å². The van der Waals surface area contributed by atoms with E-state index in [1.807, 2.05) is 43.3 Å². The zero-order valence-corrected chi connectivity index (χ0v) is 15.7. The maximum Gasteiger partial charge on any atom is 0.258 e. The molecule has 5 aromatic rings. The van der Waals surface area contributed by atoms with E-state index in [-0.39, 0.29) is 5.82 Å². The highest BCUT2D eigenvalue weighted by Gasteiger charge is 2.16. The van der Waals surface area contributed by atoms with Crippen LogP contribution in [0.4, 0.5) is 16.1 Å². The van der Waals surface area contributed by atoms with Crippen molar-refractivity contribution in [3.8, 4) is 5.88 Å². The first-order valence-corrected chi connectivity index (χ1v) is 9.46. The summed E-state index contributed by atoms with van der Waals surface area (Å²) in [5, 5.41) is 8.21. The van der Waals surface area contributed by atoms with Crippen LogP contribution < -0.4 is 10.1 Å². The summed E-state index contributed by atoms with van der Waals surface area (Å²) in [6.45, 7) is 2.45. The maximum atomic E-state index is 14.4. The van der Waals surface area contributed by atoms with Gasteiger partial charge in [0.15, 0.2) is 17.3 Å². The number of nitrogens with one attached hydrogen (secondary N) is 1. The lowest BCUT2D eigenvalue weighted by Gasteiger charge is -2.06. The molecule has 0 spiro atoms. The van der Waals surface area contributed by atoms with Crippen molar-refractivity contribution in [1.29, 1.82) is 0 Å². The average molecular weight is 394 g/mol. The molecule has 0 aliphatic rings. The molecule has 0 aliphatic carbocycles. The summed E-state index contributed by atoms with van der Waals surface area (Å²) in [6.07, 6.45) is 0. The Balaban J connectivity index is 1.45. The third-order valence-electron chi connectivity index (χ3n) is 4.24. The number of hydrogen-bond acceptors (Lipinski definition) is 6. The average Bonchev–Trinajstić information content (AvgIpc) is 3.37. The third kappa shape index (κ3) is 3.07. The van der Waals surface area contributed by atoms with Crippen LogP contribution in [0.1, 0.15) is 9.75 Å².